The number of ether oxygens (including phenoxy) is 1. The summed E-state index contributed by atoms with van der Waals surface area (Å²) < 4.78 is 5.36. The number of carboxylic acid groups (broad SMARTS) is 1. The molecule has 1 aliphatic carbocycles. The lowest BCUT2D eigenvalue weighted by molar-refractivity contribution is -0.153. The van der Waals surface area contributed by atoms with E-state index >= 15 is 0 Å². The number of primary amides is 1. The van der Waals surface area contributed by atoms with Gasteiger partial charge in [0.1, 0.15) is 6.10 Å². The molecule has 0 aromatic rings. The molecule has 2 rings (SSSR count). The highest BCUT2D eigenvalue weighted by molar-refractivity contribution is 5.84. The molecule has 1 unspecified atom stereocenters. The molecule has 2 fully saturated rings. The quantitative estimate of drug-likeness (QED) is 0.667. The molecule has 2 aliphatic rings. The van der Waals surface area contributed by atoms with E-state index in [0.717, 1.165) is 25.7 Å². The zero-order chi connectivity index (χ0) is 17.0. The summed E-state index contributed by atoms with van der Waals surface area (Å²) in [5, 5.41) is 12.0. The standard InChI is InChI=1S/C16H26N2O5/c1-9-7-12(23-14(9)16(21)22)15(20)18-11(8-13(17)19)10-5-3-2-4-6-10/h9-12,14H,2-8H2,1H3,(H2,17,19)(H,18,20)(H,21,22)/t9-,11?,12-,14-/m1/s1. The minimum atomic E-state index is -1.05. The molecule has 1 saturated heterocycles. The van der Waals surface area contributed by atoms with Crippen molar-refractivity contribution in [3.63, 3.8) is 0 Å². The number of carboxylic acids is 1. The average molecular weight is 326 g/mol. The first-order valence-electron chi connectivity index (χ1n) is 8.35. The molecule has 7 nitrogen and oxygen atoms in total. The Bertz CT molecular complexity index is 461. The van der Waals surface area contributed by atoms with Gasteiger partial charge < -0.3 is 20.9 Å². The van der Waals surface area contributed by atoms with Crippen molar-refractivity contribution in [3.8, 4) is 0 Å². The van der Waals surface area contributed by atoms with E-state index in [9.17, 15) is 14.4 Å². The third kappa shape index (κ3) is 4.67. The van der Waals surface area contributed by atoms with Gasteiger partial charge in [-0.15, -0.1) is 0 Å². The third-order valence-electron chi connectivity index (χ3n) is 4.92. The number of carbonyl (C=O) groups is 3. The van der Waals surface area contributed by atoms with Crippen LogP contribution in [0.3, 0.4) is 0 Å². The molecule has 2 amide bonds. The van der Waals surface area contributed by atoms with Gasteiger partial charge in [-0.05, 0) is 31.1 Å². The van der Waals surface area contributed by atoms with Crippen molar-refractivity contribution >= 4 is 17.8 Å². The van der Waals surface area contributed by atoms with Crippen molar-refractivity contribution < 1.29 is 24.2 Å². The number of nitrogens with two attached hydrogens (primary N) is 1. The summed E-state index contributed by atoms with van der Waals surface area (Å²) in [5.74, 6) is -1.79. The molecule has 130 valence electrons. The molecule has 0 bridgehead atoms. The minimum absolute atomic E-state index is 0.112. The van der Waals surface area contributed by atoms with E-state index in [1.54, 1.807) is 6.92 Å². The number of rotatable bonds is 6. The van der Waals surface area contributed by atoms with Gasteiger partial charge in [0.15, 0.2) is 6.10 Å². The van der Waals surface area contributed by atoms with Gasteiger partial charge in [0.25, 0.3) is 0 Å². The van der Waals surface area contributed by atoms with Crippen molar-refractivity contribution in [3.05, 3.63) is 0 Å². The molecule has 0 aromatic carbocycles. The smallest absolute Gasteiger partial charge is 0.333 e. The van der Waals surface area contributed by atoms with Crippen LogP contribution in [-0.4, -0.2) is 41.1 Å². The Labute approximate surface area is 135 Å². The molecule has 1 saturated carbocycles. The van der Waals surface area contributed by atoms with Crippen LogP contribution < -0.4 is 11.1 Å². The van der Waals surface area contributed by atoms with E-state index in [0.29, 0.717) is 6.42 Å². The Morgan fingerprint density at radius 3 is 2.43 bits per heavy atom. The molecule has 23 heavy (non-hydrogen) atoms. The minimum Gasteiger partial charge on any atom is -0.479 e. The molecular weight excluding hydrogens is 300 g/mol. The van der Waals surface area contributed by atoms with Crippen LogP contribution in [0.5, 0.6) is 0 Å². The molecular formula is C16H26N2O5. The second kappa shape index (κ2) is 7.77. The highest BCUT2D eigenvalue weighted by Gasteiger charge is 2.41. The molecule has 0 aromatic heterocycles. The first kappa shape index (κ1) is 17.7. The molecule has 4 N–H and O–H groups in total. The molecule has 4 atom stereocenters. The zero-order valence-electron chi connectivity index (χ0n) is 13.5. The predicted molar refractivity (Wildman–Crippen MR) is 82.4 cm³/mol. The summed E-state index contributed by atoms with van der Waals surface area (Å²) in [5.41, 5.74) is 5.31. The van der Waals surface area contributed by atoms with E-state index in [-0.39, 0.29) is 30.2 Å². The summed E-state index contributed by atoms with van der Waals surface area (Å²) in [6.45, 7) is 1.76. The number of amides is 2. The van der Waals surface area contributed by atoms with Crippen molar-refractivity contribution in [2.75, 3.05) is 0 Å². The average Bonchev–Trinajstić information content (AvgIpc) is 2.89. The summed E-state index contributed by atoms with van der Waals surface area (Å²) in [4.78, 5) is 34.8. The van der Waals surface area contributed by atoms with E-state index in [4.69, 9.17) is 15.6 Å². The number of hydrogen-bond acceptors (Lipinski definition) is 4. The first-order valence-corrected chi connectivity index (χ1v) is 8.35. The fourth-order valence-corrected chi connectivity index (χ4v) is 3.66. The van der Waals surface area contributed by atoms with Crippen LogP contribution in [0.25, 0.3) is 0 Å². The van der Waals surface area contributed by atoms with E-state index in [2.05, 4.69) is 5.32 Å². The lowest BCUT2D eigenvalue weighted by Crippen LogP contribution is -2.47. The first-order chi connectivity index (χ1) is 10.9. The summed E-state index contributed by atoms with van der Waals surface area (Å²) in [7, 11) is 0. The van der Waals surface area contributed by atoms with Crippen molar-refractivity contribution in [1.82, 2.24) is 5.32 Å². The highest BCUT2D eigenvalue weighted by atomic mass is 16.5. The number of carbonyl (C=O) groups excluding carboxylic acids is 2. The topological polar surface area (TPSA) is 119 Å². The Kier molecular flexibility index (Phi) is 5.98. The normalized spacial score (nSPS) is 29.9. The fourth-order valence-electron chi connectivity index (χ4n) is 3.66. The number of nitrogens with one attached hydrogen (secondary N) is 1. The second-order valence-electron chi connectivity index (χ2n) is 6.78. The van der Waals surface area contributed by atoms with Gasteiger partial charge in [0.2, 0.25) is 11.8 Å². The summed E-state index contributed by atoms with van der Waals surface area (Å²) in [6, 6.07) is -0.289. The highest BCUT2D eigenvalue weighted by Crippen LogP contribution is 2.29. The van der Waals surface area contributed by atoms with Crippen LogP contribution >= 0.6 is 0 Å². The Morgan fingerprint density at radius 1 is 1.26 bits per heavy atom. The Balaban J connectivity index is 1.97. The maximum Gasteiger partial charge on any atom is 0.333 e. The van der Waals surface area contributed by atoms with Crippen molar-refractivity contribution in [2.24, 2.45) is 17.6 Å². The van der Waals surface area contributed by atoms with E-state index in [1.807, 2.05) is 0 Å². The van der Waals surface area contributed by atoms with Crippen molar-refractivity contribution in [1.29, 1.82) is 0 Å². The SMILES string of the molecule is C[C@@H]1C[C@H](C(=O)NC(CC(N)=O)C2CCCCC2)O[C@H]1C(=O)O. The van der Waals surface area contributed by atoms with Crippen LogP contribution in [0, 0.1) is 11.8 Å². The van der Waals surface area contributed by atoms with Gasteiger partial charge in [-0.25, -0.2) is 4.79 Å². The number of hydrogen-bond donors (Lipinski definition) is 3. The predicted octanol–water partition coefficient (Wildman–Crippen LogP) is 0.805. The lowest BCUT2D eigenvalue weighted by atomic mass is 9.82. The van der Waals surface area contributed by atoms with Gasteiger partial charge in [0.05, 0.1) is 0 Å². The lowest BCUT2D eigenvalue weighted by Gasteiger charge is -2.31. The Morgan fingerprint density at radius 2 is 1.91 bits per heavy atom. The maximum atomic E-state index is 12.4. The van der Waals surface area contributed by atoms with Gasteiger partial charge in [0, 0.05) is 12.5 Å². The van der Waals surface area contributed by atoms with Gasteiger partial charge in [-0.1, -0.05) is 26.2 Å². The fraction of sp³-hybridized carbons (Fsp3) is 0.812. The van der Waals surface area contributed by atoms with E-state index in [1.165, 1.54) is 6.42 Å². The largest absolute Gasteiger partial charge is 0.479 e. The van der Waals surface area contributed by atoms with Crippen LogP contribution in [0.4, 0.5) is 0 Å². The summed E-state index contributed by atoms with van der Waals surface area (Å²) in [6.07, 6.45) is 4.06. The van der Waals surface area contributed by atoms with Crippen LogP contribution in [0.15, 0.2) is 0 Å². The third-order valence-corrected chi connectivity index (χ3v) is 4.92. The molecule has 1 aliphatic heterocycles. The van der Waals surface area contributed by atoms with Crippen LogP contribution in [0.1, 0.15) is 51.9 Å². The van der Waals surface area contributed by atoms with E-state index < -0.39 is 24.1 Å². The summed E-state index contributed by atoms with van der Waals surface area (Å²) >= 11 is 0. The Hall–Kier alpha value is -1.63. The molecule has 0 spiro atoms. The molecule has 1 heterocycles. The molecule has 0 radical (unpaired) electrons. The molecule has 7 heteroatoms. The van der Waals surface area contributed by atoms with Crippen molar-refractivity contribution in [2.45, 2.75) is 70.1 Å². The van der Waals surface area contributed by atoms with Gasteiger partial charge in [-0.3, -0.25) is 9.59 Å². The zero-order valence-corrected chi connectivity index (χ0v) is 13.5. The maximum absolute atomic E-state index is 12.4. The van der Waals surface area contributed by atoms with Crippen LogP contribution in [-0.2, 0) is 19.1 Å². The number of aliphatic carboxylic acids is 1. The van der Waals surface area contributed by atoms with Gasteiger partial charge in [-0.2, -0.15) is 0 Å². The van der Waals surface area contributed by atoms with Gasteiger partial charge >= 0.3 is 5.97 Å². The monoisotopic (exact) mass is 326 g/mol. The second-order valence-corrected chi connectivity index (χ2v) is 6.78. The van der Waals surface area contributed by atoms with Crippen LogP contribution in [0.2, 0.25) is 0 Å².